The van der Waals surface area contributed by atoms with E-state index < -0.39 is 12.3 Å². The van der Waals surface area contributed by atoms with E-state index in [-0.39, 0.29) is 0 Å². The maximum absolute atomic E-state index is 11.3. The van der Waals surface area contributed by atoms with Crippen molar-refractivity contribution in [2.45, 2.75) is 39.8 Å². The number of amidine groups is 1. The van der Waals surface area contributed by atoms with Crippen LogP contribution in [0.2, 0.25) is 0 Å². The van der Waals surface area contributed by atoms with Gasteiger partial charge in [0.1, 0.15) is 0 Å². The first-order valence-electron chi connectivity index (χ1n) is 5.25. The number of ether oxygens (including phenoxy) is 1. The Bertz CT molecular complexity index is 298. The van der Waals surface area contributed by atoms with E-state index >= 15 is 0 Å². The molecule has 1 atom stereocenters. The maximum Gasteiger partial charge on any atom is 0.409 e. The standard InChI is InChI=1S/C11H19N3O2/c1-4-6-8-16-11(15)14-10(7-5-2)13-9(3)12/h10H,4,6,8H2,1-3H3,(H2,12,13)(H,14,15). The summed E-state index contributed by atoms with van der Waals surface area (Å²) in [5.41, 5.74) is 5.41. The van der Waals surface area contributed by atoms with Crippen LogP contribution in [0.3, 0.4) is 0 Å². The van der Waals surface area contributed by atoms with E-state index in [2.05, 4.69) is 22.2 Å². The molecule has 0 heterocycles. The molecular weight excluding hydrogens is 206 g/mol. The molecule has 0 radical (unpaired) electrons. The first-order chi connectivity index (χ1) is 7.60. The number of alkyl carbamates (subject to hydrolysis) is 1. The molecule has 0 bridgehead atoms. The SMILES string of the molecule is CC#CC(N=C(C)N)NC(=O)OCCCC. The number of rotatable bonds is 5. The van der Waals surface area contributed by atoms with Gasteiger partial charge in [-0.1, -0.05) is 19.3 Å². The molecule has 0 aromatic heterocycles. The van der Waals surface area contributed by atoms with Gasteiger partial charge in [0, 0.05) is 0 Å². The number of hydrogen-bond donors (Lipinski definition) is 2. The summed E-state index contributed by atoms with van der Waals surface area (Å²) >= 11 is 0. The van der Waals surface area contributed by atoms with Crippen LogP contribution in [0.25, 0.3) is 0 Å². The Kier molecular flexibility index (Phi) is 7.68. The van der Waals surface area contributed by atoms with Gasteiger partial charge < -0.3 is 10.5 Å². The Balaban J connectivity index is 4.12. The molecule has 0 aliphatic rings. The van der Waals surface area contributed by atoms with E-state index in [4.69, 9.17) is 10.5 Å². The van der Waals surface area contributed by atoms with Gasteiger partial charge in [0.15, 0.2) is 6.17 Å². The monoisotopic (exact) mass is 225 g/mol. The molecule has 0 rings (SSSR count). The fourth-order valence-corrected chi connectivity index (χ4v) is 0.903. The quantitative estimate of drug-likeness (QED) is 0.320. The van der Waals surface area contributed by atoms with Crippen molar-refractivity contribution in [1.82, 2.24) is 5.32 Å². The van der Waals surface area contributed by atoms with Crippen LogP contribution in [-0.4, -0.2) is 24.7 Å². The van der Waals surface area contributed by atoms with Crippen molar-refractivity contribution in [2.75, 3.05) is 6.61 Å². The first kappa shape index (κ1) is 14.3. The summed E-state index contributed by atoms with van der Waals surface area (Å²) in [6, 6.07) is 0. The summed E-state index contributed by atoms with van der Waals surface area (Å²) in [5.74, 6) is 5.73. The first-order valence-corrected chi connectivity index (χ1v) is 5.25. The highest BCUT2D eigenvalue weighted by molar-refractivity contribution is 5.78. The van der Waals surface area contributed by atoms with Gasteiger partial charge in [-0.2, -0.15) is 0 Å². The van der Waals surface area contributed by atoms with Crippen LogP contribution in [0, 0.1) is 11.8 Å². The summed E-state index contributed by atoms with van der Waals surface area (Å²) in [7, 11) is 0. The number of nitrogens with one attached hydrogen (secondary N) is 1. The Morgan fingerprint density at radius 1 is 1.62 bits per heavy atom. The minimum atomic E-state index is -0.635. The second-order valence-corrected chi connectivity index (χ2v) is 3.20. The van der Waals surface area contributed by atoms with Gasteiger partial charge in [0.05, 0.1) is 12.4 Å². The topological polar surface area (TPSA) is 76.7 Å². The lowest BCUT2D eigenvalue weighted by Crippen LogP contribution is -2.34. The van der Waals surface area contributed by atoms with Crippen molar-refractivity contribution in [1.29, 1.82) is 0 Å². The molecule has 5 heteroatoms. The van der Waals surface area contributed by atoms with E-state index in [9.17, 15) is 4.79 Å². The Morgan fingerprint density at radius 3 is 2.81 bits per heavy atom. The number of nitrogens with two attached hydrogens (primary N) is 1. The zero-order valence-electron chi connectivity index (χ0n) is 10.0. The minimum absolute atomic E-state index is 0.363. The maximum atomic E-state index is 11.3. The smallest absolute Gasteiger partial charge is 0.409 e. The van der Waals surface area contributed by atoms with Crippen LogP contribution >= 0.6 is 0 Å². The molecule has 3 N–H and O–H groups in total. The molecule has 0 spiro atoms. The van der Waals surface area contributed by atoms with Crippen LogP contribution in [-0.2, 0) is 4.74 Å². The highest BCUT2D eigenvalue weighted by Crippen LogP contribution is 1.91. The zero-order chi connectivity index (χ0) is 12.4. The number of nitrogens with zero attached hydrogens (tertiary/aromatic N) is 1. The fourth-order valence-electron chi connectivity index (χ4n) is 0.903. The van der Waals surface area contributed by atoms with Gasteiger partial charge in [-0.25, -0.2) is 9.79 Å². The van der Waals surface area contributed by atoms with Crippen molar-refractivity contribution in [2.24, 2.45) is 10.7 Å². The Morgan fingerprint density at radius 2 is 2.31 bits per heavy atom. The largest absolute Gasteiger partial charge is 0.450 e. The molecule has 90 valence electrons. The third-order valence-electron chi connectivity index (χ3n) is 1.60. The van der Waals surface area contributed by atoms with Crippen LogP contribution in [0.4, 0.5) is 4.79 Å². The van der Waals surface area contributed by atoms with Gasteiger partial charge in [-0.05, 0) is 20.3 Å². The van der Waals surface area contributed by atoms with Gasteiger partial charge in [-0.3, -0.25) is 5.32 Å². The number of aliphatic imine (C=N–C) groups is 1. The highest BCUT2D eigenvalue weighted by atomic mass is 16.5. The van der Waals surface area contributed by atoms with Crippen molar-refractivity contribution in [3.05, 3.63) is 0 Å². The molecule has 0 aromatic carbocycles. The van der Waals surface area contributed by atoms with Gasteiger partial charge in [0.2, 0.25) is 0 Å². The summed E-state index contributed by atoms with van der Waals surface area (Å²) in [5, 5.41) is 2.51. The molecule has 1 amide bonds. The van der Waals surface area contributed by atoms with Crippen LogP contribution in [0.15, 0.2) is 4.99 Å². The summed E-state index contributed by atoms with van der Waals surface area (Å²) in [6.45, 7) is 5.72. The lowest BCUT2D eigenvalue weighted by atomic mass is 10.4. The van der Waals surface area contributed by atoms with Crippen LogP contribution in [0.1, 0.15) is 33.6 Å². The lowest BCUT2D eigenvalue weighted by Gasteiger charge is -2.09. The average Bonchev–Trinajstić information content (AvgIpc) is 2.17. The number of amides is 1. The predicted molar refractivity (Wildman–Crippen MR) is 63.9 cm³/mol. The highest BCUT2D eigenvalue weighted by Gasteiger charge is 2.08. The molecular formula is C11H19N3O2. The molecule has 0 aromatic rings. The lowest BCUT2D eigenvalue weighted by molar-refractivity contribution is 0.143. The third kappa shape index (κ3) is 7.68. The van der Waals surface area contributed by atoms with E-state index in [1.807, 2.05) is 6.92 Å². The summed E-state index contributed by atoms with van der Waals surface area (Å²) in [6.07, 6.45) is 0.665. The number of carbonyl (C=O) groups is 1. The van der Waals surface area contributed by atoms with E-state index in [0.29, 0.717) is 12.4 Å². The molecule has 0 aliphatic carbocycles. The Hall–Kier alpha value is -1.70. The van der Waals surface area contributed by atoms with Gasteiger partial charge in [-0.15, -0.1) is 5.92 Å². The molecule has 16 heavy (non-hydrogen) atoms. The van der Waals surface area contributed by atoms with Gasteiger partial charge >= 0.3 is 6.09 Å². The average molecular weight is 225 g/mol. The summed E-state index contributed by atoms with van der Waals surface area (Å²) < 4.78 is 4.91. The number of carbonyl (C=O) groups excluding carboxylic acids is 1. The second-order valence-electron chi connectivity index (χ2n) is 3.20. The van der Waals surface area contributed by atoms with Crippen molar-refractivity contribution < 1.29 is 9.53 Å². The predicted octanol–water partition coefficient (Wildman–Crippen LogP) is 1.24. The molecule has 0 saturated carbocycles. The zero-order valence-corrected chi connectivity index (χ0v) is 10.0. The fraction of sp³-hybridized carbons (Fsp3) is 0.636. The number of hydrogen-bond acceptors (Lipinski definition) is 3. The van der Waals surface area contributed by atoms with Crippen LogP contribution < -0.4 is 11.1 Å². The molecule has 1 unspecified atom stereocenters. The van der Waals surface area contributed by atoms with Crippen molar-refractivity contribution in [3.8, 4) is 11.8 Å². The summed E-state index contributed by atoms with van der Waals surface area (Å²) in [4.78, 5) is 15.2. The second kappa shape index (κ2) is 8.60. The normalized spacial score (nSPS) is 12.3. The van der Waals surface area contributed by atoms with E-state index in [1.54, 1.807) is 13.8 Å². The van der Waals surface area contributed by atoms with Crippen molar-refractivity contribution in [3.63, 3.8) is 0 Å². The minimum Gasteiger partial charge on any atom is -0.450 e. The number of unbranched alkanes of at least 4 members (excludes halogenated alkanes) is 1. The molecule has 0 aliphatic heterocycles. The van der Waals surface area contributed by atoms with E-state index in [1.165, 1.54) is 0 Å². The van der Waals surface area contributed by atoms with E-state index in [0.717, 1.165) is 12.8 Å². The molecule has 0 saturated heterocycles. The third-order valence-corrected chi connectivity index (χ3v) is 1.60. The Labute approximate surface area is 96.4 Å². The molecule has 5 nitrogen and oxygen atoms in total. The van der Waals surface area contributed by atoms with Crippen LogP contribution in [0.5, 0.6) is 0 Å². The van der Waals surface area contributed by atoms with Gasteiger partial charge in [0.25, 0.3) is 0 Å². The molecule has 0 fully saturated rings. The van der Waals surface area contributed by atoms with Crippen molar-refractivity contribution >= 4 is 11.9 Å².